The predicted octanol–water partition coefficient (Wildman–Crippen LogP) is 1.18. The Bertz CT molecular complexity index is 390. The Hall–Kier alpha value is -1.68. The van der Waals surface area contributed by atoms with Crippen LogP contribution >= 0.6 is 0 Å². The molecule has 0 aromatic heterocycles. The lowest BCUT2D eigenvalue weighted by Crippen LogP contribution is -2.29. The lowest BCUT2D eigenvalue weighted by atomic mass is 9.92. The molecule has 15 heavy (non-hydrogen) atoms. The number of carboxylic acids is 1. The van der Waals surface area contributed by atoms with Crippen LogP contribution in [0, 0.1) is 0 Å². The van der Waals surface area contributed by atoms with E-state index in [0.717, 1.165) is 0 Å². The number of ketones is 1. The van der Waals surface area contributed by atoms with Crippen LogP contribution in [-0.2, 0) is 10.4 Å². The van der Waals surface area contributed by atoms with Gasteiger partial charge in [-0.2, -0.15) is 0 Å². The van der Waals surface area contributed by atoms with E-state index in [0.29, 0.717) is 5.56 Å². The van der Waals surface area contributed by atoms with E-state index in [1.807, 2.05) is 0 Å². The molecule has 1 aromatic carbocycles. The first-order chi connectivity index (χ1) is 6.85. The molecule has 80 valence electrons. The molecule has 0 spiro atoms. The average molecular weight is 208 g/mol. The molecule has 1 aromatic rings. The predicted molar refractivity (Wildman–Crippen MR) is 53.7 cm³/mol. The standard InChI is InChI=1S/C11H12O4/c1-7(12)11(2,15)9-5-3-8(4-6-9)10(13)14/h3-6,15H,1-2H3,(H,13,14). The SMILES string of the molecule is CC(=O)C(C)(O)c1ccc(C(=O)O)cc1. The molecular weight excluding hydrogens is 196 g/mol. The quantitative estimate of drug-likeness (QED) is 0.782. The summed E-state index contributed by atoms with van der Waals surface area (Å²) in [6.45, 7) is 2.66. The number of rotatable bonds is 3. The fourth-order valence-corrected chi connectivity index (χ4v) is 1.14. The first-order valence-electron chi connectivity index (χ1n) is 4.43. The fraction of sp³-hybridized carbons (Fsp3) is 0.273. The number of aromatic carboxylic acids is 1. The molecular formula is C11H12O4. The van der Waals surface area contributed by atoms with Crippen molar-refractivity contribution in [1.82, 2.24) is 0 Å². The molecule has 0 fully saturated rings. The highest BCUT2D eigenvalue weighted by Gasteiger charge is 2.28. The normalized spacial score (nSPS) is 14.3. The summed E-state index contributed by atoms with van der Waals surface area (Å²) in [7, 11) is 0. The summed E-state index contributed by atoms with van der Waals surface area (Å²) in [5.41, 5.74) is -1.05. The molecule has 1 rings (SSSR count). The van der Waals surface area contributed by atoms with Gasteiger partial charge in [-0.1, -0.05) is 12.1 Å². The Morgan fingerprint density at radius 3 is 2.00 bits per heavy atom. The van der Waals surface area contributed by atoms with E-state index in [2.05, 4.69) is 0 Å². The summed E-state index contributed by atoms with van der Waals surface area (Å²) < 4.78 is 0. The zero-order valence-electron chi connectivity index (χ0n) is 8.52. The van der Waals surface area contributed by atoms with Crippen LogP contribution in [0.5, 0.6) is 0 Å². The van der Waals surface area contributed by atoms with Crippen molar-refractivity contribution in [2.45, 2.75) is 19.4 Å². The maximum absolute atomic E-state index is 11.1. The van der Waals surface area contributed by atoms with Crippen LogP contribution in [0.2, 0.25) is 0 Å². The Morgan fingerprint density at radius 2 is 1.67 bits per heavy atom. The maximum atomic E-state index is 11.1. The molecule has 0 aliphatic carbocycles. The van der Waals surface area contributed by atoms with Crippen LogP contribution in [0.15, 0.2) is 24.3 Å². The Kier molecular flexibility index (Phi) is 2.90. The van der Waals surface area contributed by atoms with Crippen LogP contribution < -0.4 is 0 Å². The molecule has 1 atom stereocenters. The van der Waals surface area contributed by atoms with E-state index in [-0.39, 0.29) is 11.3 Å². The molecule has 0 amide bonds. The van der Waals surface area contributed by atoms with Gasteiger partial charge in [0.1, 0.15) is 5.60 Å². The van der Waals surface area contributed by atoms with Crippen molar-refractivity contribution < 1.29 is 19.8 Å². The first kappa shape index (κ1) is 11.4. The van der Waals surface area contributed by atoms with E-state index in [9.17, 15) is 14.7 Å². The van der Waals surface area contributed by atoms with Crippen molar-refractivity contribution >= 4 is 11.8 Å². The van der Waals surface area contributed by atoms with Gasteiger partial charge in [-0.05, 0) is 31.5 Å². The highest BCUT2D eigenvalue weighted by atomic mass is 16.4. The Balaban J connectivity index is 3.09. The van der Waals surface area contributed by atoms with E-state index >= 15 is 0 Å². The zero-order chi connectivity index (χ0) is 11.6. The van der Waals surface area contributed by atoms with Crippen LogP contribution in [0.3, 0.4) is 0 Å². The lowest BCUT2D eigenvalue weighted by Gasteiger charge is -2.20. The smallest absolute Gasteiger partial charge is 0.335 e. The molecule has 0 aliphatic rings. The monoisotopic (exact) mass is 208 g/mol. The van der Waals surface area contributed by atoms with Gasteiger partial charge in [0, 0.05) is 0 Å². The van der Waals surface area contributed by atoms with Crippen molar-refractivity contribution in [2.24, 2.45) is 0 Å². The van der Waals surface area contributed by atoms with E-state index in [1.54, 1.807) is 0 Å². The topological polar surface area (TPSA) is 74.6 Å². The molecule has 0 bridgehead atoms. The molecule has 0 radical (unpaired) electrons. The number of hydrogen-bond acceptors (Lipinski definition) is 3. The Morgan fingerprint density at radius 1 is 1.20 bits per heavy atom. The number of carbonyl (C=O) groups is 2. The minimum Gasteiger partial charge on any atom is -0.478 e. The summed E-state index contributed by atoms with van der Waals surface area (Å²) in [5.74, 6) is -1.42. The Labute approximate surface area is 87.2 Å². The molecule has 0 saturated heterocycles. The van der Waals surface area contributed by atoms with E-state index in [1.165, 1.54) is 38.1 Å². The second-order valence-electron chi connectivity index (χ2n) is 3.51. The molecule has 4 nitrogen and oxygen atoms in total. The second kappa shape index (κ2) is 3.82. The van der Waals surface area contributed by atoms with Crippen LogP contribution in [0.4, 0.5) is 0 Å². The van der Waals surface area contributed by atoms with E-state index in [4.69, 9.17) is 5.11 Å². The zero-order valence-corrected chi connectivity index (χ0v) is 8.52. The first-order valence-corrected chi connectivity index (χ1v) is 4.43. The van der Waals surface area contributed by atoms with Gasteiger partial charge in [-0.25, -0.2) is 4.79 Å². The number of benzene rings is 1. The number of Topliss-reactive ketones (excluding diaryl/α,β-unsaturated/α-hetero) is 1. The second-order valence-corrected chi connectivity index (χ2v) is 3.51. The molecule has 1 unspecified atom stereocenters. The number of carboxylic acid groups (broad SMARTS) is 1. The minimum absolute atomic E-state index is 0.123. The van der Waals surface area contributed by atoms with Crippen molar-refractivity contribution in [3.8, 4) is 0 Å². The summed E-state index contributed by atoms with van der Waals surface area (Å²) >= 11 is 0. The fourth-order valence-electron chi connectivity index (χ4n) is 1.14. The lowest BCUT2D eigenvalue weighted by molar-refractivity contribution is -0.134. The van der Waals surface area contributed by atoms with Gasteiger partial charge in [0.2, 0.25) is 0 Å². The number of carbonyl (C=O) groups excluding carboxylic acids is 1. The van der Waals surface area contributed by atoms with Gasteiger partial charge >= 0.3 is 5.97 Å². The van der Waals surface area contributed by atoms with Crippen LogP contribution in [-0.4, -0.2) is 22.0 Å². The molecule has 0 heterocycles. The summed E-state index contributed by atoms with van der Waals surface area (Å²) in [6.07, 6.45) is 0. The van der Waals surface area contributed by atoms with Crippen molar-refractivity contribution in [2.75, 3.05) is 0 Å². The van der Waals surface area contributed by atoms with Gasteiger partial charge in [0.15, 0.2) is 5.78 Å². The van der Waals surface area contributed by atoms with Crippen LogP contribution in [0.1, 0.15) is 29.8 Å². The summed E-state index contributed by atoms with van der Waals surface area (Å²) in [5, 5.41) is 18.5. The molecule has 2 N–H and O–H groups in total. The number of aliphatic hydroxyl groups is 1. The van der Waals surface area contributed by atoms with Crippen LogP contribution in [0.25, 0.3) is 0 Å². The number of hydrogen-bond donors (Lipinski definition) is 2. The highest BCUT2D eigenvalue weighted by molar-refractivity contribution is 5.88. The van der Waals surface area contributed by atoms with Crippen molar-refractivity contribution in [3.63, 3.8) is 0 Å². The van der Waals surface area contributed by atoms with Gasteiger partial charge in [0.25, 0.3) is 0 Å². The third kappa shape index (κ3) is 2.22. The van der Waals surface area contributed by atoms with Gasteiger partial charge in [-0.3, -0.25) is 4.79 Å². The van der Waals surface area contributed by atoms with Crippen molar-refractivity contribution in [1.29, 1.82) is 0 Å². The highest BCUT2D eigenvalue weighted by Crippen LogP contribution is 2.21. The van der Waals surface area contributed by atoms with Gasteiger partial charge in [-0.15, -0.1) is 0 Å². The molecule has 0 aliphatic heterocycles. The van der Waals surface area contributed by atoms with E-state index < -0.39 is 11.6 Å². The molecule has 0 saturated carbocycles. The van der Waals surface area contributed by atoms with Gasteiger partial charge < -0.3 is 10.2 Å². The molecule has 4 heteroatoms. The largest absolute Gasteiger partial charge is 0.478 e. The third-order valence-electron chi connectivity index (χ3n) is 2.38. The maximum Gasteiger partial charge on any atom is 0.335 e. The third-order valence-corrected chi connectivity index (χ3v) is 2.38. The minimum atomic E-state index is -1.56. The van der Waals surface area contributed by atoms with Gasteiger partial charge in [0.05, 0.1) is 5.56 Å². The summed E-state index contributed by atoms with van der Waals surface area (Å²) in [4.78, 5) is 21.7. The van der Waals surface area contributed by atoms with Crippen molar-refractivity contribution in [3.05, 3.63) is 35.4 Å². The summed E-state index contributed by atoms with van der Waals surface area (Å²) in [6, 6.07) is 5.58. The average Bonchev–Trinajstić information content (AvgIpc) is 2.17.